The summed E-state index contributed by atoms with van der Waals surface area (Å²) in [6, 6.07) is 11.1. The molecule has 3 rings (SSSR count). The fraction of sp³-hybridized carbons (Fsp3) is 0.381. The van der Waals surface area contributed by atoms with Crippen LogP contribution >= 0.6 is 11.6 Å². The Morgan fingerprint density at radius 2 is 1.79 bits per heavy atom. The number of amides is 1. The average Bonchev–Trinajstić information content (AvgIpc) is 2.73. The van der Waals surface area contributed by atoms with Crippen molar-refractivity contribution in [1.82, 2.24) is 5.32 Å². The van der Waals surface area contributed by atoms with E-state index in [0.29, 0.717) is 11.4 Å². The number of sulfone groups is 1. The molecule has 6 nitrogen and oxygen atoms in total. The topological polar surface area (TPSA) is 84.5 Å². The minimum Gasteiger partial charge on any atom is -0.497 e. The van der Waals surface area contributed by atoms with E-state index in [9.17, 15) is 13.2 Å². The normalized spacial score (nSPS) is 15.0. The van der Waals surface area contributed by atoms with Gasteiger partial charge in [-0.05, 0) is 49.2 Å². The van der Waals surface area contributed by atoms with Crippen LogP contribution in [0.4, 0.5) is 5.69 Å². The van der Waals surface area contributed by atoms with Crippen molar-refractivity contribution in [3.05, 3.63) is 47.5 Å². The standard InChI is InChI=1S/C21H25ClN2O4S/c1-28-16-10-12-17(13-11-16)29(26,27)21-18(22)8-5-9-19(21)23-14-20(25)24-15-6-3-2-4-7-15/h5,8-13,15,23H,2-4,6-7,14H2,1H3,(H,24,25). The minimum atomic E-state index is -3.88. The fourth-order valence-electron chi connectivity index (χ4n) is 3.50. The summed E-state index contributed by atoms with van der Waals surface area (Å²) in [6.07, 6.45) is 5.42. The van der Waals surface area contributed by atoms with Gasteiger partial charge in [-0.3, -0.25) is 4.79 Å². The van der Waals surface area contributed by atoms with Crippen molar-refractivity contribution < 1.29 is 17.9 Å². The van der Waals surface area contributed by atoms with Gasteiger partial charge in [0.15, 0.2) is 0 Å². The zero-order valence-electron chi connectivity index (χ0n) is 16.3. The predicted octanol–water partition coefficient (Wildman–Crippen LogP) is 4.04. The van der Waals surface area contributed by atoms with E-state index in [2.05, 4.69) is 10.6 Å². The molecule has 0 aromatic heterocycles. The number of rotatable bonds is 7. The summed E-state index contributed by atoms with van der Waals surface area (Å²) in [5.41, 5.74) is 0.298. The van der Waals surface area contributed by atoms with Gasteiger partial charge in [0.25, 0.3) is 0 Å². The Morgan fingerprint density at radius 1 is 1.10 bits per heavy atom. The second kappa shape index (κ2) is 9.50. The molecule has 0 unspecified atom stereocenters. The van der Waals surface area contributed by atoms with Gasteiger partial charge in [-0.25, -0.2) is 8.42 Å². The Labute approximate surface area is 176 Å². The van der Waals surface area contributed by atoms with Crippen LogP contribution in [0, 0.1) is 0 Å². The van der Waals surface area contributed by atoms with Gasteiger partial charge in [0.05, 0.1) is 29.3 Å². The molecule has 0 spiro atoms. The van der Waals surface area contributed by atoms with E-state index in [1.54, 1.807) is 24.3 Å². The van der Waals surface area contributed by atoms with Crippen molar-refractivity contribution in [3.8, 4) is 5.75 Å². The fourth-order valence-corrected chi connectivity index (χ4v) is 5.46. The van der Waals surface area contributed by atoms with E-state index in [0.717, 1.165) is 25.7 Å². The third-order valence-corrected chi connectivity index (χ3v) is 7.31. The van der Waals surface area contributed by atoms with Gasteiger partial charge in [0.2, 0.25) is 15.7 Å². The molecule has 1 saturated carbocycles. The summed E-state index contributed by atoms with van der Waals surface area (Å²) >= 11 is 6.25. The molecule has 0 aliphatic heterocycles. The number of hydrogen-bond donors (Lipinski definition) is 2. The Hall–Kier alpha value is -2.25. The number of benzene rings is 2. The van der Waals surface area contributed by atoms with Gasteiger partial charge in [-0.2, -0.15) is 0 Å². The SMILES string of the molecule is COc1ccc(S(=O)(=O)c2c(Cl)cccc2NCC(=O)NC2CCCCC2)cc1. The molecule has 0 radical (unpaired) electrons. The van der Waals surface area contributed by atoms with E-state index < -0.39 is 9.84 Å². The van der Waals surface area contributed by atoms with Gasteiger partial charge < -0.3 is 15.4 Å². The molecule has 156 valence electrons. The van der Waals surface area contributed by atoms with Gasteiger partial charge in [0, 0.05) is 6.04 Å². The molecule has 1 aliphatic rings. The summed E-state index contributed by atoms with van der Waals surface area (Å²) in [5.74, 6) is 0.394. The molecule has 1 aliphatic carbocycles. The predicted molar refractivity (Wildman–Crippen MR) is 113 cm³/mol. The van der Waals surface area contributed by atoms with E-state index in [-0.39, 0.29) is 33.3 Å². The average molecular weight is 437 g/mol. The highest BCUT2D eigenvalue weighted by molar-refractivity contribution is 7.91. The van der Waals surface area contributed by atoms with Crippen molar-refractivity contribution in [2.75, 3.05) is 19.0 Å². The number of hydrogen-bond acceptors (Lipinski definition) is 5. The summed E-state index contributed by atoms with van der Waals surface area (Å²) in [4.78, 5) is 12.4. The number of ether oxygens (including phenoxy) is 1. The quantitative estimate of drug-likeness (QED) is 0.684. The zero-order chi connectivity index (χ0) is 20.9. The molecule has 2 aromatic rings. The van der Waals surface area contributed by atoms with Crippen molar-refractivity contribution in [2.24, 2.45) is 0 Å². The van der Waals surface area contributed by atoms with Crippen LogP contribution in [0.3, 0.4) is 0 Å². The van der Waals surface area contributed by atoms with Crippen LogP contribution in [-0.2, 0) is 14.6 Å². The lowest BCUT2D eigenvalue weighted by Gasteiger charge is -2.23. The first-order valence-corrected chi connectivity index (χ1v) is 11.5. The second-order valence-corrected chi connectivity index (χ2v) is 9.35. The number of halogens is 1. The Balaban J connectivity index is 1.78. The van der Waals surface area contributed by atoms with Crippen LogP contribution < -0.4 is 15.4 Å². The number of carbonyl (C=O) groups is 1. The van der Waals surface area contributed by atoms with Gasteiger partial charge in [-0.1, -0.05) is 36.9 Å². The molecule has 2 N–H and O–H groups in total. The maximum absolute atomic E-state index is 13.2. The van der Waals surface area contributed by atoms with Gasteiger partial charge in [0.1, 0.15) is 10.6 Å². The largest absolute Gasteiger partial charge is 0.497 e. The van der Waals surface area contributed by atoms with Crippen LogP contribution in [0.2, 0.25) is 5.02 Å². The van der Waals surface area contributed by atoms with Crippen molar-refractivity contribution in [1.29, 1.82) is 0 Å². The maximum atomic E-state index is 13.2. The first-order valence-electron chi connectivity index (χ1n) is 9.62. The smallest absolute Gasteiger partial charge is 0.239 e. The van der Waals surface area contributed by atoms with E-state index >= 15 is 0 Å². The van der Waals surface area contributed by atoms with Crippen LogP contribution in [0.15, 0.2) is 52.3 Å². The molecule has 0 heterocycles. The van der Waals surface area contributed by atoms with Gasteiger partial charge in [-0.15, -0.1) is 0 Å². The van der Waals surface area contributed by atoms with Crippen molar-refractivity contribution >= 4 is 33.0 Å². The summed E-state index contributed by atoms with van der Waals surface area (Å²) in [7, 11) is -2.37. The van der Waals surface area contributed by atoms with E-state index in [1.165, 1.54) is 31.7 Å². The van der Waals surface area contributed by atoms with Crippen molar-refractivity contribution in [2.45, 2.75) is 47.9 Å². The first-order chi connectivity index (χ1) is 13.9. The lowest BCUT2D eigenvalue weighted by Crippen LogP contribution is -2.39. The number of nitrogens with one attached hydrogen (secondary N) is 2. The molecule has 0 atom stereocenters. The third-order valence-electron chi connectivity index (χ3n) is 5.02. The number of methoxy groups -OCH3 is 1. The Kier molecular flexibility index (Phi) is 7.03. The van der Waals surface area contributed by atoms with Crippen molar-refractivity contribution in [3.63, 3.8) is 0 Å². The minimum absolute atomic E-state index is 0.0258. The molecular weight excluding hydrogens is 412 g/mol. The molecular formula is C21H25ClN2O4S. The van der Waals surface area contributed by atoms with Crippen LogP contribution in [-0.4, -0.2) is 34.0 Å². The molecule has 29 heavy (non-hydrogen) atoms. The Bertz CT molecular complexity index is 955. The lowest BCUT2D eigenvalue weighted by molar-refractivity contribution is -0.120. The van der Waals surface area contributed by atoms with Crippen LogP contribution in [0.1, 0.15) is 32.1 Å². The molecule has 1 fully saturated rings. The van der Waals surface area contributed by atoms with E-state index in [4.69, 9.17) is 16.3 Å². The first kappa shape index (κ1) is 21.5. The van der Waals surface area contributed by atoms with Gasteiger partial charge >= 0.3 is 0 Å². The molecule has 1 amide bonds. The van der Waals surface area contributed by atoms with E-state index in [1.807, 2.05) is 0 Å². The molecule has 0 saturated heterocycles. The highest BCUT2D eigenvalue weighted by atomic mass is 35.5. The summed E-state index contributed by atoms with van der Waals surface area (Å²) < 4.78 is 31.4. The maximum Gasteiger partial charge on any atom is 0.239 e. The second-order valence-electron chi connectivity index (χ2n) is 7.05. The summed E-state index contributed by atoms with van der Waals surface area (Å²) in [6.45, 7) is -0.0258. The zero-order valence-corrected chi connectivity index (χ0v) is 17.9. The summed E-state index contributed by atoms with van der Waals surface area (Å²) in [5, 5.41) is 6.05. The highest BCUT2D eigenvalue weighted by Gasteiger charge is 2.25. The highest BCUT2D eigenvalue weighted by Crippen LogP contribution is 2.34. The van der Waals surface area contributed by atoms with Crippen LogP contribution in [0.25, 0.3) is 0 Å². The third kappa shape index (κ3) is 5.22. The molecule has 8 heteroatoms. The lowest BCUT2D eigenvalue weighted by atomic mass is 9.95. The molecule has 0 bridgehead atoms. The Morgan fingerprint density at radius 3 is 2.45 bits per heavy atom. The number of anilines is 1. The molecule has 2 aromatic carbocycles. The number of carbonyl (C=O) groups excluding carboxylic acids is 1. The van der Waals surface area contributed by atoms with Crippen LogP contribution in [0.5, 0.6) is 5.75 Å². The monoisotopic (exact) mass is 436 g/mol.